The van der Waals surface area contributed by atoms with Gasteiger partial charge in [-0.15, -0.1) is 6.58 Å². The summed E-state index contributed by atoms with van der Waals surface area (Å²) in [6.45, 7) is 9.63. The fourth-order valence-electron chi connectivity index (χ4n) is 4.46. The van der Waals surface area contributed by atoms with Crippen LogP contribution in [0.15, 0.2) is 68.5 Å². The Hall–Kier alpha value is -3.63. The molecule has 0 spiro atoms. The number of esters is 1. The lowest BCUT2D eigenvalue weighted by atomic mass is 9.96. The van der Waals surface area contributed by atoms with Crippen molar-refractivity contribution in [1.82, 2.24) is 4.57 Å². The van der Waals surface area contributed by atoms with Gasteiger partial charge in [-0.1, -0.05) is 23.5 Å². The Bertz CT molecular complexity index is 1650. The number of halogens is 1. The topological polar surface area (TPSA) is 99.4 Å². The molecule has 0 saturated carbocycles. The molecule has 1 aliphatic rings. The number of aromatic nitrogens is 1. The van der Waals surface area contributed by atoms with Gasteiger partial charge in [0.25, 0.3) is 5.56 Å². The molecular weight excluding hydrogens is 584 g/mol. The number of thiazole rings is 1. The molecule has 1 aromatic heterocycles. The van der Waals surface area contributed by atoms with E-state index in [1.54, 1.807) is 51.3 Å². The maximum atomic E-state index is 13.9. The molecule has 0 fully saturated rings. The van der Waals surface area contributed by atoms with Gasteiger partial charge in [-0.25, -0.2) is 9.79 Å². The Labute approximate surface area is 238 Å². The molecule has 0 bridgehead atoms. The zero-order valence-corrected chi connectivity index (χ0v) is 24.5. The van der Waals surface area contributed by atoms with E-state index in [4.69, 9.17) is 14.2 Å². The van der Waals surface area contributed by atoms with Crippen molar-refractivity contribution >= 4 is 39.3 Å². The first-order valence-electron chi connectivity index (χ1n) is 12.4. The van der Waals surface area contributed by atoms with Crippen LogP contribution in [0.2, 0.25) is 0 Å². The lowest BCUT2D eigenvalue weighted by Crippen LogP contribution is -2.40. The Morgan fingerprint density at radius 1 is 1.23 bits per heavy atom. The second kappa shape index (κ2) is 12.0. The maximum Gasteiger partial charge on any atom is 0.338 e. The van der Waals surface area contributed by atoms with Crippen LogP contribution in [0.4, 0.5) is 0 Å². The van der Waals surface area contributed by atoms with Crippen molar-refractivity contribution in [2.45, 2.75) is 33.2 Å². The molecule has 4 rings (SSSR count). The van der Waals surface area contributed by atoms with Crippen molar-refractivity contribution in [3.05, 3.63) is 95.1 Å². The number of hydrogen-bond acceptors (Lipinski definition) is 8. The normalized spacial score (nSPS) is 15.0. The molecule has 204 valence electrons. The highest BCUT2D eigenvalue weighted by atomic mass is 79.9. The van der Waals surface area contributed by atoms with E-state index in [0.29, 0.717) is 66.3 Å². The lowest BCUT2D eigenvalue weighted by molar-refractivity contribution is -0.139. The Morgan fingerprint density at radius 3 is 2.64 bits per heavy atom. The van der Waals surface area contributed by atoms with Gasteiger partial charge in [0.05, 0.1) is 46.6 Å². The number of benzene rings is 2. The average molecular weight is 614 g/mol. The molecule has 2 aromatic carbocycles. The molecule has 0 unspecified atom stereocenters. The number of nitrogens with zero attached hydrogens (tertiary/aromatic N) is 2. The van der Waals surface area contributed by atoms with Crippen LogP contribution in [0.3, 0.4) is 0 Å². The number of phenols is 1. The number of carbonyl (C=O) groups excluding carboxylic acids is 1. The van der Waals surface area contributed by atoms with E-state index in [1.165, 1.54) is 15.9 Å². The highest BCUT2D eigenvalue weighted by Crippen LogP contribution is 2.35. The molecule has 1 aliphatic heterocycles. The number of hydrogen-bond donors (Lipinski definition) is 1. The summed E-state index contributed by atoms with van der Waals surface area (Å²) in [4.78, 5) is 32.1. The number of rotatable bonds is 9. The van der Waals surface area contributed by atoms with E-state index in [9.17, 15) is 14.7 Å². The van der Waals surface area contributed by atoms with Crippen LogP contribution in [0.1, 0.15) is 43.5 Å². The molecule has 3 aromatic rings. The highest BCUT2D eigenvalue weighted by Gasteiger charge is 2.33. The smallest absolute Gasteiger partial charge is 0.338 e. The van der Waals surface area contributed by atoms with Crippen molar-refractivity contribution in [2.24, 2.45) is 4.99 Å². The minimum absolute atomic E-state index is 0.0511. The second-order valence-corrected chi connectivity index (χ2v) is 10.5. The van der Waals surface area contributed by atoms with Crippen LogP contribution in [-0.2, 0) is 16.0 Å². The van der Waals surface area contributed by atoms with E-state index in [2.05, 4.69) is 27.5 Å². The summed E-state index contributed by atoms with van der Waals surface area (Å²) in [7, 11) is 1.57. The van der Waals surface area contributed by atoms with Crippen molar-refractivity contribution in [1.29, 1.82) is 0 Å². The van der Waals surface area contributed by atoms with Gasteiger partial charge < -0.3 is 19.3 Å². The standard InChI is InChI=1S/C29H29BrN2O6S/c1-6-9-19-12-17(13-22(26(19)33)37-7-2)14-23-27(34)32-25(18-10-11-21(36-5)20(30)15-18)24(28(35)38-8-3)16(4)31-29(32)39-23/h6,10-15,25,33H,1,7-9H2,2-5H3/b23-14+/t25-/m0/s1. The molecule has 0 saturated heterocycles. The summed E-state index contributed by atoms with van der Waals surface area (Å²) in [5, 5.41) is 10.6. The van der Waals surface area contributed by atoms with Crippen LogP contribution in [0.5, 0.6) is 17.2 Å². The summed E-state index contributed by atoms with van der Waals surface area (Å²) in [6, 6.07) is 8.16. The molecule has 0 radical (unpaired) electrons. The molecule has 0 amide bonds. The minimum Gasteiger partial charge on any atom is -0.504 e. The Balaban J connectivity index is 1.95. The predicted octanol–water partition coefficient (Wildman–Crippen LogP) is 4.40. The summed E-state index contributed by atoms with van der Waals surface area (Å²) in [5.74, 6) is 0.476. The third-order valence-electron chi connectivity index (χ3n) is 6.15. The third-order valence-corrected chi connectivity index (χ3v) is 7.75. The first-order chi connectivity index (χ1) is 18.7. The number of carbonyl (C=O) groups is 1. The largest absolute Gasteiger partial charge is 0.504 e. The first kappa shape index (κ1) is 28.4. The Kier molecular flexibility index (Phi) is 8.76. The minimum atomic E-state index is -0.750. The fourth-order valence-corrected chi connectivity index (χ4v) is 6.07. The maximum absolute atomic E-state index is 13.9. The molecule has 8 nitrogen and oxygen atoms in total. The SMILES string of the molecule is C=CCc1cc(/C=c2/sc3n(c2=O)[C@@H](c2ccc(OC)c(Br)c2)C(C(=O)OCC)=C(C)N=3)cc(OCC)c1O. The van der Waals surface area contributed by atoms with Gasteiger partial charge in [-0.2, -0.15) is 0 Å². The summed E-state index contributed by atoms with van der Waals surface area (Å²) < 4.78 is 19.0. The summed E-state index contributed by atoms with van der Waals surface area (Å²) >= 11 is 4.74. The van der Waals surface area contributed by atoms with E-state index < -0.39 is 12.0 Å². The van der Waals surface area contributed by atoms with Crippen molar-refractivity contribution in [3.8, 4) is 17.2 Å². The molecule has 0 aliphatic carbocycles. The van der Waals surface area contributed by atoms with E-state index in [1.807, 2.05) is 19.1 Å². The van der Waals surface area contributed by atoms with Gasteiger partial charge in [0, 0.05) is 5.56 Å². The number of allylic oxidation sites excluding steroid dienone is 2. The van der Waals surface area contributed by atoms with Crippen LogP contribution < -0.4 is 24.4 Å². The molecular formula is C29H29BrN2O6S. The van der Waals surface area contributed by atoms with Crippen LogP contribution in [0.25, 0.3) is 6.08 Å². The second-order valence-electron chi connectivity index (χ2n) is 8.65. The lowest BCUT2D eigenvalue weighted by Gasteiger charge is -2.25. The van der Waals surface area contributed by atoms with Crippen molar-refractivity contribution in [3.63, 3.8) is 0 Å². The summed E-state index contributed by atoms with van der Waals surface area (Å²) in [5.41, 5.74) is 2.49. The van der Waals surface area contributed by atoms with Gasteiger partial charge >= 0.3 is 5.97 Å². The van der Waals surface area contributed by atoms with Crippen molar-refractivity contribution in [2.75, 3.05) is 20.3 Å². The fraction of sp³-hybridized carbons (Fsp3) is 0.276. The monoisotopic (exact) mass is 612 g/mol. The first-order valence-corrected chi connectivity index (χ1v) is 14.0. The zero-order valence-electron chi connectivity index (χ0n) is 22.1. The highest BCUT2D eigenvalue weighted by molar-refractivity contribution is 9.10. The number of phenolic OH excluding ortho intramolecular Hbond substituents is 1. The van der Waals surface area contributed by atoms with Gasteiger partial charge in [0.2, 0.25) is 0 Å². The number of aromatic hydroxyl groups is 1. The van der Waals surface area contributed by atoms with Crippen LogP contribution >= 0.6 is 27.3 Å². The quantitative estimate of drug-likeness (QED) is 0.284. The number of methoxy groups -OCH3 is 1. The molecule has 10 heteroatoms. The van der Waals surface area contributed by atoms with E-state index >= 15 is 0 Å². The molecule has 1 N–H and O–H groups in total. The predicted molar refractivity (Wildman–Crippen MR) is 154 cm³/mol. The van der Waals surface area contributed by atoms with Gasteiger partial charge in [0.1, 0.15) is 5.75 Å². The number of ether oxygens (including phenoxy) is 3. The van der Waals surface area contributed by atoms with Gasteiger partial charge in [-0.05, 0) is 84.6 Å². The van der Waals surface area contributed by atoms with Crippen LogP contribution in [-0.4, -0.2) is 36.0 Å². The molecule has 39 heavy (non-hydrogen) atoms. The average Bonchev–Trinajstić information content (AvgIpc) is 3.20. The van der Waals surface area contributed by atoms with Crippen LogP contribution in [0, 0.1) is 0 Å². The number of fused-ring (bicyclic) bond motifs is 1. The molecule has 2 heterocycles. The van der Waals surface area contributed by atoms with Gasteiger partial charge in [0.15, 0.2) is 16.3 Å². The van der Waals surface area contributed by atoms with Gasteiger partial charge in [-0.3, -0.25) is 9.36 Å². The van der Waals surface area contributed by atoms with E-state index in [-0.39, 0.29) is 17.9 Å². The zero-order chi connectivity index (χ0) is 28.3. The third kappa shape index (κ3) is 5.58. The van der Waals surface area contributed by atoms with Crippen molar-refractivity contribution < 1.29 is 24.1 Å². The molecule has 1 atom stereocenters. The van der Waals surface area contributed by atoms with E-state index in [0.717, 1.165) is 0 Å². The summed E-state index contributed by atoms with van der Waals surface area (Å²) in [6.07, 6.45) is 3.86. The Morgan fingerprint density at radius 2 is 2.00 bits per heavy atom.